The third kappa shape index (κ3) is 3.25. The Morgan fingerprint density at radius 1 is 1.41 bits per heavy atom. The van der Waals surface area contributed by atoms with Crippen molar-refractivity contribution in [2.24, 2.45) is 0 Å². The number of nitrogens with one attached hydrogen (secondary N) is 1. The Kier molecular flexibility index (Phi) is 3.86. The lowest BCUT2D eigenvalue weighted by molar-refractivity contribution is 0.328. The number of pyridine rings is 1. The van der Waals surface area contributed by atoms with Gasteiger partial charge in [0.15, 0.2) is 9.84 Å². The molecule has 1 saturated heterocycles. The number of aromatic nitrogens is 3. The summed E-state index contributed by atoms with van der Waals surface area (Å²) in [6.07, 6.45) is 5.82. The number of hydrogen-bond donors (Lipinski definition) is 1. The highest BCUT2D eigenvalue weighted by Gasteiger charge is 2.40. The zero-order valence-corrected chi connectivity index (χ0v) is 13.7. The molecule has 3 heterocycles. The molecule has 1 fully saturated rings. The van der Waals surface area contributed by atoms with Crippen LogP contribution in [0.15, 0.2) is 30.7 Å². The number of sulfone groups is 1. The standard InChI is InChI=1S/C14H17ClN4O2S/c1-14(4-5-22(20,21)10-14)19-9-11(7-18-19)6-16-13-3-2-12(15)8-17-13/h2-3,7-9H,4-6,10H2,1H3,(H,16,17). The predicted octanol–water partition coefficient (Wildman–Crippen LogP) is 2.08. The summed E-state index contributed by atoms with van der Waals surface area (Å²) in [4.78, 5) is 4.16. The minimum absolute atomic E-state index is 0.146. The van der Waals surface area contributed by atoms with Gasteiger partial charge in [-0.1, -0.05) is 11.6 Å². The van der Waals surface area contributed by atoms with Crippen molar-refractivity contribution in [3.05, 3.63) is 41.3 Å². The van der Waals surface area contributed by atoms with Gasteiger partial charge in [0, 0.05) is 24.5 Å². The van der Waals surface area contributed by atoms with E-state index in [2.05, 4.69) is 15.4 Å². The minimum atomic E-state index is -2.95. The highest BCUT2D eigenvalue weighted by Crippen LogP contribution is 2.30. The van der Waals surface area contributed by atoms with Crippen molar-refractivity contribution in [1.29, 1.82) is 0 Å². The smallest absolute Gasteiger partial charge is 0.152 e. The van der Waals surface area contributed by atoms with Gasteiger partial charge in [0.05, 0.1) is 28.3 Å². The molecule has 1 N–H and O–H groups in total. The third-order valence-electron chi connectivity index (χ3n) is 3.87. The summed E-state index contributed by atoms with van der Waals surface area (Å²) in [5.41, 5.74) is 0.526. The second-order valence-electron chi connectivity index (χ2n) is 5.85. The SMILES string of the molecule is CC1(n2cc(CNc3ccc(Cl)cn3)cn2)CCS(=O)(=O)C1. The van der Waals surface area contributed by atoms with Gasteiger partial charge in [-0.3, -0.25) is 4.68 Å². The molecule has 0 radical (unpaired) electrons. The Morgan fingerprint density at radius 3 is 2.86 bits per heavy atom. The lowest BCUT2D eigenvalue weighted by atomic mass is 10.0. The van der Waals surface area contributed by atoms with Gasteiger partial charge in [0.2, 0.25) is 0 Å². The topological polar surface area (TPSA) is 76.9 Å². The van der Waals surface area contributed by atoms with Gasteiger partial charge >= 0.3 is 0 Å². The monoisotopic (exact) mass is 340 g/mol. The van der Waals surface area contributed by atoms with Crippen LogP contribution in [-0.4, -0.2) is 34.7 Å². The fourth-order valence-corrected chi connectivity index (χ4v) is 4.82. The number of halogens is 1. The summed E-state index contributed by atoms with van der Waals surface area (Å²) >= 11 is 5.79. The maximum absolute atomic E-state index is 11.7. The predicted molar refractivity (Wildman–Crippen MR) is 85.7 cm³/mol. The van der Waals surface area contributed by atoms with E-state index in [0.29, 0.717) is 18.0 Å². The van der Waals surface area contributed by atoms with Crippen molar-refractivity contribution in [2.75, 3.05) is 16.8 Å². The molecule has 1 unspecified atom stereocenters. The molecule has 0 bridgehead atoms. The van der Waals surface area contributed by atoms with Gasteiger partial charge in [-0.25, -0.2) is 13.4 Å². The lowest BCUT2D eigenvalue weighted by Crippen LogP contribution is -2.31. The fraction of sp³-hybridized carbons (Fsp3) is 0.429. The van der Waals surface area contributed by atoms with Crippen molar-refractivity contribution in [3.8, 4) is 0 Å². The summed E-state index contributed by atoms with van der Waals surface area (Å²) in [6, 6.07) is 3.57. The number of nitrogens with zero attached hydrogens (tertiary/aromatic N) is 3. The van der Waals surface area contributed by atoms with Crippen LogP contribution in [-0.2, 0) is 21.9 Å². The molecule has 6 nitrogen and oxygen atoms in total. The Bertz CT molecular complexity index is 772. The molecule has 1 aliphatic rings. The van der Waals surface area contributed by atoms with E-state index in [-0.39, 0.29) is 11.5 Å². The highest BCUT2D eigenvalue weighted by molar-refractivity contribution is 7.91. The molecule has 8 heteroatoms. The maximum atomic E-state index is 11.7. The van der Waals surface area contributed by atoms with E-state index in [1.54, 1.807) is 29.2 Å². The van der Waals surface area contributed by atoms with Crippen LogP contribution in [0.5, 0.6) is 0 Å². The van der Waals surface area contributed by atoms with Crippen molar-refractivity contribution in [2.45, 2.75) is 25.4 Å². The summed E-state index contributed by atoms with van der Waals surface area (Å²) in [6.45, 7) is 2.50. The first-order valence-corrected chi connectivity index (χ1v) is 9.16. The Labute approximate surface area is 134 Å². The second-order valence-corrected chi connectivity index (χ2v) is 8.47. The Hall–Kier alpha value is -1.60. The molecular weight excluding hydrogens is 324 g/mol. The van der Waals surface area contributed by atoms with Crippen LogP contribution in [0.2, 0.25) is 5.02 Å². The van der Waals surface area contributed by atoms with Gasteiger partial charge in [-0.05, 0) is 25.5 Å². The zero-order valence-electron chi connectivity index (χ0n) is 12.2. The van der Waals surface area contributed by atoms with E-state index in [4.69, 9.17) is 11.6 Å². The van der Waals surface area contributed by atoms with E-state index in [1.165, 1.54) is 0 Å². The lowest BCUT2D eigenvalue weighted by Gasteiger charge is -2.22. The summed E-state index contributed by atoms with van der Waals surface area (Å²) in [5.74, 6) is 1.10. The van der Waals surface area contributed by atoms with Crippen molar-refractivity contribution in [1.82, 2.24) is 14.8 Å². The van der Waals surface area contributed by atoms with E-state index < -0.39 is 15.4 Å². The van der Waals surface area contributed by atoms with Crippen molar-refractivity contribution < 1.29 is 8.42 Å². The van der Waals surface area contributed by atoms with Gasteiger partial charge in [-0.2, -0.15) is 5.10 Å². The summed E-state index contributed by atoms with van der Waals surface area (Å²) in [5, 5.41) is 8.10. The first-order chi connectivity index (χ1) is 10.4. The average molecular weight is 341 g/mol. The van der Waals surface area contributed by atoms with Gasteiger partial charge in [-0.15, -0.1) is 0 Å². The minimum Gasteiger partial charge on any atom is -0.366 e. The van der Waals surface area contributed by atoms with Crippen LogP contribution >= 0.6 is 11.6 Å². The van der Waals surface area contributed by atoms with Crippen molar-refractivity contribution >= 4 is 27.3 Å². The fourth-order valence-electron chi connectivity index (χ4n) is 2.59. The van der Waals surface area contributed by atoms with Gasteiger partial charge in [0.25, 0.3) is 0 Å². The Balaban J connectivity index is 1.68. The van der Waals surface area contributed by atoms with Crippen LogP contribution in [0.25, 0.3) is 0 Å². The molecule has 2 aromatic rings. The third-order valence-corrected chi connectivity index (χ3v) is 5.98. The first kappa shape index (κ1) is 15.3. The summed E-state index contributed by atoms with van der Waals surface area (Å²) in [7, 11) is -2.95. The van der Waals surface area contributed by atoms with Crippen LogP contribution in [0, 0.1) is 0 Å². The highest BCUT2D eigenvalue weighted by atomic mass is 35.5. The van der Waals surface area contributed by atoms with E-state index in [1.807, 2.05) is 13.1 Å². The van der Waals surface area contributed by atoms with Crippen LogP contribution in [0.4, 0.5) is 5.82 Å². The van der Waals surface area contributed by atoms with Crippen LogP contribution in [0.3, 0.4) is 0 Å². The molecule has 0 spiro atoms. The molecule has 3 rings (SSSR count). The molecule has 22 heavy (non-hydrogen) atoms. The normalized spacial score (nSPS) is 23.5. The molecule has 1 aliphatic heterocycles. The Morgan fingerprint density at radius 2 is 2.23 bits per heavy atom. The molecule has 0 aromatic carbocycles. The van der Waals surface area contributed by atoms with E-state index in [0.717, 1.165) is 11.4 Å². The number of hydrogen-bond acceptors (Lipinski definition) is 5. The van der Waals surface area contributed by atoms with Crippen LogP contribution < -0.4 is 5.32 Å². The maximum Gasteiger partial charge on any atom is 0.152 e. The van der Waals surface area contributed by atoms with Crippen molar-refractivity contribution in [3.63, 3.8) is 0 Å². The number of anilines is 1. The molecule has 0 aliphatic carbocycles. The molecule has 2 aromatic heterocycles. The quantitative estimate of drug-likeness (QED) is 0.922. The van der Waals surface area contributed by atoms with E-state index >= 15 is 0 Å². The molecular formula is C14H17ClN4O2S. The zero-order chi connectivity index (χ0) is 15.8. The van der Waals surface area contributed by atoms with Gasteiger partial charge < -0.3 is 5.32 Å². The molecule has 0 amide bonds. The average Bonchev–Trinajstić information content (AvgIpc) is 3.04. The molecule has 118 valence electrons. The number of rotatable bonds is 4. The first-order valence-electron chi connectivity index (χ1n) is 6.96. The molecule has 0 saturated carbocycles. The van der Waals surface area contributed by atoms with E-state index in [9.17, 15) is 8.42 Å². The molecule has 1 atom stereocenters. The largest absolute Gasteiger partial charge is 0.366 e. The summed E-state index contributed by atoms with van der Waals surface area (Å²) < 4.78 is 25.2. The van der Waals surface area contributed by atoms with Crippen LogP contribution in [0.1, 0.15) is 18.9 Å². The van der Waals surface area contributed by atoms with Gasteiger partial charge in [0.1, 0.15) is 5.82 Å². The second kappa shape index (κ2) is 5.55.